The number of rotatable bonds is 4. The van der Waals surface area contributed by atoms with Gasteiger partial charge in [-0.2, -0.15) is 5.10 Å². The zero-order valence-corrected chi connectivity index (χ0v) is 12.6. The van der Waals surface area contributed by atoms with Crippen LogP contribution in [-0.2, 0) is 11.3 Å². The van der Waals surface area contributed by atoms with Crippen molar-refractivity contribution in [3.05, 3.63) is 22.0 Å². The number of hydrogen-bond donors (Lipinski definition) is 1. The minimum atomic E-state index is 0.405. The molecule has 1 aromatic heterocycles. The number of aryl methyl sites for hydroxylation is 2. The first kappa shape index (κ1) is 14.6. The molecule has 0 aromatic carbocycles. The topological polar surface area (TPSA) is 39.1 Å². The molecule has 1 fully saturated rings. The van der Waals surface area contributed by atoms with Gasteiger partial charge in [-0.05, 0) is 33.3 Å². The molecule has 0 saturated carbocycles. The average Bonchev–Trinajstić information content (AvgIpc) is 2.67. The van der Waals surface area contributed by atoms with Crippen LogP contribution in [0.5, 0.6) is 0 Å². The number of ether oxygens (including phenoxy) is 1. The zero-order valence-electron chi connectivity index (χ0n) is 11.9. The number of morpholine rings is 1. The second-order valence-corrected chi connectivity index (χ2v) is 5.40. The highest BCUT2D eigenvalue weighted by Gasteiger charge is 2.15. The standard InChI is InChI=1S/C14H22ClN3O/c1-4-18-13(14(15)11(3)17-18)8-10(2)7-12-9-19-6-5-16-12/h8,12,16H,4-7,9H2,1-3H3/b10-8-. The highest BCUT2D eigenvalue weighted by Crippen LogP contribution is 2.23. The number of nitrogens with one attached hydrogen (secondary N) is 1. The maximum Gasteiger partial charge on any atom is 0.0888 e. The maximum absolute atomic E-state index is 6.31. The van der Waals surface area contributed by atoms with Crippen molar-refractivity contribution in [3.63, 3.8) is 0 Å². The molecule has 1 aliphatic rings. The summed E-state index contributed by atoms with van der Waals surface area (Å²) in [4.78, 5) is 0. The summed E-state index contributed by atoms with van der Waals surface area (Å²) in [5.41, 5.74) is 3.19. The van der Waals surface area contributed by atoms with E-state index in [1.54, 1.807) is 0 Å². The quantitative estimate of drug-likeness (QED) is 0.923. The monoisotopic (exact) mass is 283 g/mol. The van der Waals surface area contributed by atoms with Gasteiger partial charge in [-0.3, -0.25) is 4.68 Å². The number of aromatic nitrogens is 2. The highest BCUT2D eigenvalue weighted by atomic mass is 35.5. The van der Waals surface area contributed by atoms with Crippen molar-refractivity contribution in [2.24, 2.45) is 0 Å². The Hall–Kier alpha value is -0.840. The molecule has 1 aliphatic heterocycles. The SMILES string of the molecule is CCn1nc(C)c(Cl)c1/C=C(/C)CC1COCCN1. The van der Waals surface area contributed by atoms with Crippen molar-refractivity contribution in [1.82, 2.24) is 15.1 Å². The van der Waals surface area contributed by atoms with E-state index in [1.165, 1.54) is 5.57 Å². The molecule has 1 atom stereocenters. The fraction of sp³-hybridized carbons (Fsp3) is 0.643. The molecule has 1 aromatic rings. The molecule has 1 saturated heterocycles. The lowest BCUT2D eigenvalue weighted by Gasteiger charge is -2.24. The lowest BCUT2D eigenvalue weighted by Crippen LogP contribution is -2.41. The Balaban J connectivity index is 2.11. The summed E-state index contributed by atoms with van der Waals surface area (Å²) in [6, 6.07) is 0.405. The molecule has 5 heteroatoms. The highest BCUT2D eigenvalue weighted by molar-refractivity contribution is 6.32. The van der Waals surface area contributed by atoms with Gasteiger partial charge in [0.15, 0.2) is 0 Å². The number of nitrogens with zero attached hydrogens (tertiary/aromatic N) is 2. The van der Waals surface area contributed by atoms with Gasteiger partial charge in [0, 0.05) is 19.1 Å². The molecular weight excluding hydrogens is 262 g/mol. The predicted octanol–water partition coefficient (Wildman–Crippen LogP) is 2.65. The lowest BCUT2D eigenvalue weighted by molar-refractivity contribution is 0.0771. The summed E-state index contributed by atoms with van der Waals surface area (Å²) in [6.07, 6.45) is 3.12. The average molecular weight is 284 g/mol. The van der Waals surface area contributed by atoms with Gasteiger partial charge in [0.2, 0.25) is 0 Å². The Morgan fingerprint density at radius 3 is 3.05 bits per heavy atom. The van der Waals surface area contributed by atoms with Crippen LogP contribution in [0.25, 0.3) is 6.08 Å². The van der Waals surface area contributed by atoms with E-state index in [0.717, 1.165) is 49.1 Å². The third kappa shape index (κ3) is 3.59. The molecule has 0 aliphatic carbocycles. The summed E-state index contributed by atoms with van der Waals surface area (Å²) in [6.45, 7) is 9.51. The largest absolute Gasteiger partial charge is 0.379 e. The first-order valence-corrected chi connectivity index (χ1v) is 7.20. The normalized spacial score (nSPS) is 20.8. The van der Waals surface area contributed by atoms with Gasteiger partial charge in [0.25, 0.3) is 0 Å². The van der Waals surface area contributed by atoms with Crippen LogP contribution >= 0.6 is 11.6 Å². The van der Waals surface area contributed by atoms with E-state index in [9.17, 15) is 0 Å². The van der Waals surface area contributed by atoms with Gasteiger partial charge >= 0.3 is 0 Å². The second-order valence-electron chi connectivity index (χ2n) is 5.02. The fourth-order valence-corrected chi connectivity index (χ4v) is 2.58. The molecule has 0 amide bonds. The van der Waals surface area contributed by atoms with Crippen molar-refractivity contribution < 1.29 is 4.74 Å². The molecule has 2 rings (SSSR count). The second kappa shape index (κ2) is 6.55. The molecule has 0 spiro atoms. The summed E-state index contributed by atoms with van der Waals surface area (Å²) in [5.74, 6) is 0. The van der Waals surface area contributed by atoms with E-state index >= 15 is 0 Å². The third-order valence-corrected chi connectivity index (χ3v) is 3.81. The molecule has 1 unspecified atom stereocenters. The van der Waals surface area contributed by atoms with Crippen molar-refractivity contribution >= 4 is 17.7 Å². The van der Waals surface area contributed by atoms with Crippen LogP contribution in [-0.4, -0.2) is 35.6 Å². The molecule has 0 radical (unpaired) electrons. The van der Waals surface area contributed by atoms with E-state index < -0.39 is 0 Å². The van der Waals surface area contributed by atoms with Crippen molar-refractivity contribution in [2.45, 2.75) is 39.8 Å². The Bertz CT molecular complexity index is 462. The maximum atomic E-state index is 6.31. The van der Waals surface area contributed by atoms with Gasteiger partial charge in [0.1, 0.15) is 0 Å². The summed E-state index contributed by atoms with van der Waals surface area (Å²) < 4.78 is 7.42. The fourth-order valence-electron chi connectivity index (χ4n) is 2.39. The molecule has 19 heavy (non-hydrogen) atoms. The van der Waals surface area contributed by atoms with Gasteiger partial charge in [-0.1, -0.05) is 17.2 Å². The van der Waals surface area contributed by atoms with Gasteiger partial charge < -0.3 is 10.1 Å². The Labute approximate surface area is 119 Å². The Morgan fingerprint density at radius 1 is 1.63 bits per heavy atom. The Kier molecular flexibility index (Phi) is 5.02. The lowest BCUT2D eigenvalue weighted by atomic mass is 10.1. The van der Waals surface area contributed by atoms with Crippen LogP contribution < -0.4 is 5.32 Å². The molecule has 2 heterocycles. The van der Waals surface area contributed by atoms with Crippen molar-refractivity contribution in [1.29, 1.82) is 0 Å². The number of halogens is 1. The van der Waals surface area contributed by atoms with Crippen LogP contribution in [0.2, 0.25) is 5.02 Å². The predicted molar refractivity (Wildman–Crippen MR) is 78.5 cm³/mol. The Morgan fingerprint density at radius 2 is 2.42 bits per heavy atom. The third-order valence-electron chi connectivity index (χ3n) is 3.34. The molecule has 1 N–H and O–H groups in total. The van der Waals surface area contributed by atoms with E-state index in [0.29, 0.717) is 6.04 Å². The first-order chi connectivity index (χ1) is 9.11. The van der Waals surface area contributed by atoms with Crippen LogP contribution in [0.3, 0.4) is 0 Å². The molecular formula is C14H22ClN3O. The number of hydrogen-bond acceptors (Lipinski definition) is 3. The minimum absolute atomic E-state index is 0.405. The minimum Gasteiger partial charge on any atom is -0.379 e. The van der Waals surface area contributed by atoms with E-state index in [1.807, 2.05) is 11.6 Å². The van der Waals surface area contributed by atoms with Gasteiger partial charge in [0.05, 0.1) is 29.6 Å². The molecule has 0 bridgehead atoms. The van der Waals surface area contributed by atoms with Crippen molar-refractivity contribution in [3.8, 4) is 0 Å². The van der Waals surface area contributed by atoms with E-state index in [2.05, 4.69) is 30.3 Å². The van der Waals surface area contributed by atoms with Crippen LogP contribution in [0.4, 0.5) is 0 Å². The van der Waals surface area contributed by atoms with Gasteiger partial charge in [-0.25, -0.2) is 0 Å². The van der Waals surface area contributed by atoms with E-state index in [4.69, 9.17) is 16.3 Å². The smallest absolute Gasteiger partial charge is 0.0888 e. The first-order valence-electron chi connectivity index (χ1n) is 6.83. The van der Waals surface area contributed by atoms with Crippen LogP contribution in [0, 0.1) is 6.92 Å². The zero-order chi connectivity index (χ0) is 13.8. The molecule has 106 valence electrons. The van der Waals surface area contributed by atoms with Crippen molar-refractivity contribution in [2.75, 3.05) is 19.8 Å². The van der Waals surface area contributed by atoms with Crippen LogP contribution in [0.15, 0.2) is 5.57 Å². The summed E-state index contributed by atoms with van der Waals surface area (Å²) >= 11 is 6.31. The summed E-state index contributed by atoms with van der Waals surface area (Å²) in [5, 5.41) is 8.65. The molecule has 4 nitrogen and oxygen atoms in total. The summed E-state index contributed by atoms with van der Waals surface area (Å²) in [7, 11) is 0. The van der Waals surface area contributed by atoms with Gasteiger partial charge in [-0.15, -0.1) is 0 Å². The van der Waals surface area contributed by atoms with E-state index in [-0.39, 0.29) is 0 Å². The van der Waals surface area contributed by atoms with Crippen LogP contribution in [0.1, 0.15) is 31.7 Å².